The van der Waals surface area contributed by atoms with Gasteiger partial charge in [-0.2, -0.15) is 0 Å². The van der Waals surface area contributed by atoms with Gasteiger partial charge in [-0.05, 0) is 38.2 Å². The van der Waals surface area contributed by atoms with E-state index in [0.29, 0.717) is 11.6 Å². The second kappa shape index (κ2) is 8.34. The quantitative estimate of drug-likeness (QED) is 0.849. The molecule has 2 atom stereocenters. The Morgan fingerprint density at radius 2 is 1.92 bits per heavy atom. The van der Waals surface area contributed by atoms with E-state index in [4.69, 9.17) is 5.73 Å². The van der Waals surface area contributed by atoms with Crippen LogP contribution in [0.3, 0.4) is 0 Å². The minimum atomic E-state index is -0.0751. The molecular weight excluding hydrogens is 361 g/mol. The lowest BCUT2D eigenvalue weighted by molar-refractivity contribution is 0.0937. The number of rotatable bonds is 3. The van der Waals surface area contributed by atoms with Crippen LogP contribution in [-0.2, 0) is 0 Å². The van der Waals surface area contributed by atoms with Crippen LogP contribution in [0.2, 0.25) is 0 Å². The number of carbonyl (C=O) groups is 1. The van der Waals surface area contributed by atoms with Crippen LogP contribution in [0.25, 0.3) is 11.2 Å². The van der Waals surface area contributed by atoms with Crippen LogP contribution < -0.4 is 11.1 Å². The van der Waals surface area contributed by atoms with Gasteiger partial charge in [0, 0.05) is 24.3 Å². The summed E-state index contributed by atoms with van der Waals surface area (Å²) >= 11 is 0. The number of imidazole rings is 1. The second-order valence-corrected chi connectivity index (χ2v) is 6.90. The number of fused-ring (bicyclic) bond motifs is 1. The normalized spacial score (nSPS) is 23.2. The summed E-state index contributed by atoms with van der Waals surface area (Å²) in [5.74, 6) is -0.0751. The van der Waals surface area contributed by atoms with Gasteiger partial charge in [0.2, 0.25) is 0 Å². The van der Waals surface area contributed by atoms with Crippen molar-refractivity contribution in [3.8, 4) is 0 Å². The van der Waals surface area contributed by atoms with Gasteiger partial charge in [-0.15, -0.1) is 24.8 Å². The van der Waals surface area contributed by atoms with Crippen molar-refractivity contribution in [2.45, 2.75) is 63.1 Å². The van der Waals surface area contributed by atoms with E-state index in [1.807, 2.05) is 12.4 Å². The Labute approximate surface area is 159 Å². The van der Waals surface area contributed by atoms with Crippen molar-refractivity contribution in [2.24, 2.45) is 5.73 Å². The van der Waals surface area contributed by atoms with Crippen molar-refractivity contribution in [2.75, 3.05) is 0 Å². The van der Waals surface area contributed by atoms with Crippen molar-refractivity contribution < 1.29 is 4.79 Å². The van der Waals surface area contributed by atoms with Crippen LogP contribution in [0.15, 0.2) is 18.6 Å². The molecule has 2 saturated carbocycles. The zero-order valence-corrected chi connectivity index (χ0v) is 15.7. The standard InChI is InChI=1S/C17H23N5O.2ClH/c18-12-5-6-13(8-12)21-17(23)11-7-15-16(19-9-11)22(10-20-15)14-3-1-2-4-14;;/h7,9-10,12-14H,1-6,8,18H2,(H,21,23);2*1H/t12-,13-;;/m1../s1. The van der Waals surface area contributed by atoms with Crippen molar-refractivity contribution >= 4 is 41.9 Å². The number of halogens is 2. The number of hydrogen-bond donors (Lipinski definition) is 2. The first-order chi connectivity index (χ1) is 11.2. The number of pyridine rings is 1. The molecule has 0 unspecified atom stereocenters. The van der Waals surface area contributed by atoms with Crippen molar-refractivity contribution in [1.29, 1.82) is 0 Å². The van der Waals surface area contributed by atoms with Gasteiger partial charge in [0.15, 0.2) is 5.65 Å². The summed E-state index contributed by atoms with van der Waals surface area (Å²) in [7, 11) is 0. The summed E-state index contributed by atoms with van der Waals surface area (Å²) in [6.07, 6.45) is 11.3. The van der Waals surface area contributed by atoms with Crippen LogP contribution in [0.1, 0.15) is 61.3 Å². The van der Waals surface area contributed by atoms with Crippen LogP contribution in [-0.4, -0.2) is 32.5 Å². The Kier molecular flexibility index (Phi) is 6.65. The topological polar surface area (TPSA) is 85.8 Å². The molecular formula is C17H25Cl2N5O. The first kappa shape index (κ1) is 19.9. The fourth-order valence-electron chi connectivity index (χ4n) is 3.91. The second-order valence-electron chi connectivity index (χ2n) is 6.90. The summed E-state index contributed by atoms with van der Waals surface area (Å²) in [6, 6.07) is 2.75. The molecule has 4 rings (SSSR count). The lowest BCUT2D eigenvalue weighted by Crippen LogP contribution is -2.34. The van der Waals surface area contributed by atoms with Crippen LogP contribution in [0.5, 0.6) is 0 Å². The predicted octanol–water partition coefficient (Wildman–Crippen LogP) is 3.00. The van der Waals surface area contributed by atoms with E-state index in [9.17, 15) is 4.79 Å². The van der Waals surface area contributed by atoms with E-state index < -0.39 is 0 Å². The number of nitrogens with one attached hydrogen (secondary N) is 1. The zero-order chi connectivity index (χ0) is 15.8. The van der Waals surface area contributed by atoms with E-state index in [1.54, 1.807) is 6.20 Å². The van der Waals surface area contributed by atoms with Gasteiger partial charge in [0.1, 0.15) is 5.52 Å². The Bertz CT molecular complexity index is 729. The molecule has 3 N–H and O–H groups in total. The third-order valence-electron chi connectivity index (χ3n) is 5.20. The molecule has 8 heteroatoms. The van der Waals surface area contributed by atoms with Crippen molar-refractivity contribution in [3.63, 3.8) is 0 Å². The van der Waals surface area contributed by atoms with Crippen molar-refractivity contribution in [3.05, 3.63) is 24.2 Å². The molecule has 2 heterocycles. The van der Waals surface area contributed by atoms with E-state index in [1.165, 1.54) is 25.7 Å². The summed E-state index contributed by atoms with van der Waals surface area (Å²) in [4.78, 5) is 21.3. The third-order valence-corrected chi connectivity index (χ3v) is 5.20. The lowest BCUT2D eigenvalue weighted by atomic mass is 10.2. The highest BCUT2D eigenvalue weighted by molar-refractivity contribution is 5.96. The van der Waals surface area contributed by atoms with Gasteiger partial charge in [-0.25, -0.2) is 9.97 Å². The Balaban J connectivity index is 0.00000113. The summed E-state index contributed by atoms with van der Waals surface area (Å²) in [5.41, 5.74) is 8.16. The molecule has 0 saturated heterocycles. The third kappa shape index (κ3) is 4.07. The molecule has 0 aromatic carbocycles. The smallest absolute Gasteiger partial charge is 0.253 e. The molecule has 0 spiro atoms. The highest BCUT2D eigenvalue weighted by Gasteiger charge is 2.24. The Hall–Kier alpha value is -1.37. The fourth-order valence-corrected chi connectivity index (χ4v) is 3.91. The maximum Gasteiger partial charge on any atom is 0.253 e. The number of nitrogens with two attached hydrogens (primary N) is 1. The van der Waals surface area contributed by atoms with Gasteiger partial charge in [-0.3, -0.25) is 4.79 Å². The summed E-state index contributed by atoms with van der Waals surface area (Å²) in [6.45, 7) is 0. The molecule has 2 aliphatic carbocycles. The molecule has 138 valence electrons. The van der Waals surface area contributed by atoms with Gasteiger partial charge >= 0.3 is 0 Å². The first-order valence-corrected chi connectivity index (χ1v) is 8.60. The average molecular weight is 386 g/mol. The minimum Gasteiger partial charge on any atom is -0.349 e. The monoisotopic (exact) mass is 385 g/mol. The molecule has 2 aliphatic rings. The SMILES string of the molecule is Cl.Cl.N[C@@H]1CC[C@@H](NC(=O)c2cnc3c(c2)ncn3C2CCCC2)C1. The van der Waals surface area contributed by atoms with Crippen LogP contribution in [0.4, 0.5) is 0 Å². The number of nitrogens with zero attached hydrogens (tertiary/aromatic N) is 3. The van der Waals surface area contributed by atoms with E-state index in [2.05, 4.69) is 19.9 Å². The summed E-state index contributed by atoms with van der Waals surface area (Å²) in [5, 5.41) is 3.06. The van der Waals surface area contributed by atoms with Crippen LogP contribution in [0, 0.1) is 0 Å². The predicted molar refractivity (Wildman–Crippen MR) is 103 cm³/mol. The highest BCUT2D eigenvalue weighted by Crippen LogP contribution is 2.31. The van der Waals surface area contributed by atoms with E-state index in [0.717, 1.165) is 30.4 Å². The molecule has 25 heavy (non-hydrogen) atoms. The van der Waals surface area contributed by atoms with E-state index >= 15 is 0 Å². The minimum absolute atomic E-state index is 0. The molecule has 6 nitrogen and oxygen atoms in total. The number of aromatic nitrogens is 3. The zero-order valence-electron chi connectivity index (χ0n) is 14.1. The van der Waals surface area contributed by atoms with Crippen molar-refractivity contribution in [1.82, 2.24) is 19.9 Å². The largest absolute Gasteiger partial charge is 0.349 e. The number of hydrogen-bond acceptors (Lipinski definition) is 4. The molecule has 1 amide bonds. The van der Waals surface area contributed by atoms with E-state index in [-0.39, 0.29) is 42.8 Å². The molecule has 0 aliphatic heterocycles. The molecule has 2 fully saturated rings. The lowest BCUT2D eigenvalue weighted by Gasteiger charge is -2.13. The molecule has 2 aromatic heterocycles. The number of carbonyl (C=O) groups excluding carboxylic acids is 1. The van der Waals surface area contributed by atoms with Crippen LogP contribution >= 0.6 is 24.8 Å². The maximum atomic E-state index is 12.4. The summed E-state index contributed by atoms with van der Waals surface area (Å²) < 4.78 is 2.17. The molecule has 0 radical (unpaired) electrons. The first-order valence-electron chi connectivity index (χ1n) is 8.60. The Morgan fingerprint density at radius 3 is 2.60 bits per heavy atom. The van der Waals surface area contributed by atoms with Gasteiger partial charge < -0.3 is 15.6 Å². The van der Waals surface area contributed by atoms with Gasteiger partial charge in [0.25, 0.3) is 5.91 Å². The van der Waals surface area contributed by atoms with Gasteiger partial charge in [0.05, 0.1) is 11.9 Å². The highest BCUT2D eigenvalue weighted by atomic mass is 35.5. The molecule has 0 bridgehead atoms. The van der Waals surface area contributed by atoms with Gasteiger partial charge in [-0.1, -0.05) is 12.8 Å². The molecule has 2 aromatic rings. The Morgan fingerprint density at radius 1 is 1.16 bits per heavy atom. The maximum absolute atomic E-state index is 12.4. The number of amides is 1. The fraction of sp³-hybridized carbons (Fsp3) is 0.588. The average Bonchev–Trinajstić information content (AvgIpc) is 3.26.